The third-order valence-electron chi connectivity index (χ3n) is 11.4. The van der Waals surface area contributed by atoms with Gasteiger partial charge in [-0.3, -0.25) is 39.0 Å². The van der Waals surface area contributed by atoms with Crippen LogP contribution >= 0.6 is 0 Å². The summed E-state index contributed by atoms with van der Waals surface area (Å²) < 4.78 is 71.5. The molecule has 18 nitrogen and oxygen atoms in total. The lowest BCUT2D eigenvalue weighted by atomic mass is 9.94. The molecule has 65 heavy (non-hydrogen) atoms. The molecular formula is C43H43F4N7O11. The second-order valence-electron chi connectivity index (χ2n) is 15.5. The molecule has 1 unspecified atom stereocenters. The van der Waals surface area contributed by atoms with Crippen molar-refractivity contribution >= 4 is 58.9 Å². The van der Waals surface area contributed by atoms with Crippen LogP contribution in [0, 0.1) is 5.82 Å². The second-order valence-corrected chi connectivity index (χ2v) is 15.5. The number of carbonyl (C=O) groups is 8. The fraction of sp³-hybridized carbons (Fsp3) is 0.395. The van der Waals surface area contributed by atoms with Crippen LogP contribution in [-0.2, 0) is 52.0 Å². The molecule has 1 spiro atoms. The van der Waals surface area contributed by atoms with E-state index in [4.69, 9.17) is 14.2 Å². The lowest BCUT2D eigenvalue weighted by Gasteiger charge is -2.31. The summed E-state index contributed by atoms with van der Waals surface area (Å²) in [6.07, 6.45) is -5.75. The van der Waals surface area contributed by atoms with Crippen LogP contribution in [0.25, 0.3) is 0 Å². The molecule has 9 amide bonds. The first-order valence-corrected chi connectivity index (χ1v) is 20.6. The summed E-state index contributed by atoms with van der Waals surface area (Å²) in [5.74, 6) is -5.11. The molecule has 344 valence electrons. The Morgan fingerprint density at radius 1 is 0.938 bits per heavy atom. The van der Waals surface area contributed by atoms with Crippen molar-refractivity contribution in [2.24, 2.45) is 0 Å². The van der Waals surface area contributed by atoms with Gasteiger partial charge in [-0.2, -0.15) is 13.2 Å². The highest BCUT2D eigenvalue weighted by Crippen LogP contribution is 2.46. The minimum Gasteiger partial charge on any atom is -0.427 e. The van der Waals surface area contributed by atoms with Crippen molar-refractivity contribution in [1.29, 1.82) is 0 Å². The van der Waals surface area contributed by atoms with E-state index in [1.165, 1.54) is 30.3 Å². The number of ether oxygens (including phenoxy) is 3. The van der Waals surface area contributed by atoms with Gasteiger partial charge in [-0.25, -0.2) is 18.9 Å². The van der Waals surface area contributed by atoms with Gasteiger partial charge in [0.1, 0.15) is 24.4 Å². The fourth-order valence-electron chi connectivity index (χ4n) is 8.02. The molecule has 3 aromatic rings. The second kappa shape index (κ2) is 19.0. The molecule has 0 aromatic heterocycles. The van der Waals surface area contributed by atoms with E-state index < -0.39 is 90.3 Å². The summed E-state index contributed by atoms with van der Waals surface area (Å²) >= 11 is 0. The molecule has 2 saturated heterocycles. The smallest absolute Gasteiger partial charge is 0.418 e. The number of nitrogens with one attached hydrogen (secondary N) is 4. The van der Waals surface area contributed by atoms with E-state index in [1.807, 2.05) is 0 Å². The van der Waals surface area contributed by atoms with Gasteiger partial charge in [0.05, 0.1) is 37.6 Å². The number of urea groups is 1. The summed E-state index contributed by atoms with van der Waals surface area (Å²) in [6.45, 7) is 0.340. The maximum absolute atomic E-state index is 13.8. The van der Waals surface area contributed by atoms with E-state index in [0.29, 0.717) is 32.3 Å². The van der Waals surface area contributed by atoms with Crippen molar-refractivity contribution in [3.05, 3.63) is 94.3 Å². The lowest BCUT2D eigenvalue weighted by Crippen LogP contribution is -2.54. The molecule has 3 aromatic carbocycles. The highest BCUT2D eigenvalue weighted by Gasteiger charge is 2.59. The minimum absolute atomic E-state index is 0.00588. The van der Waals surface area contributed by atoms with E-state index in [1.54, 1.807) is 18.2 Å². The number of anilines is 2. The van der Waals surface area contributed by atoms with Crippen LogP contribution in [0.1, 0.15) is 63.6 Å². The van der Waals surface area contributed by atoms with E-state index >= 15 is 0 Å². The Balaban J connectivity index is 0.818. The first-order valence-electron chi connectivity index (χ1n) is 20.6. The third kappa shape index (κ3) is 9.77. The highest BCUT2D eigenvalue weighted by molar-refractivity contribution is 6.25. The largest absolute Gasteiger partial charge is 0.427 e. The van der Waals surface area contributed by atoms with Crippen LogP contribution in [-0.4, -0.2) is 127 Å². The van der Waals surface area contributed by atoms with Crippen molar-refractivity contribution in [3.63, 3.8) is 0 Å². The molecular weight excluding hydrogens is 867 g/mol. The standard InChI is InChI=1S/C43H43F4N7O11/c1-24(43(45,46)47)52(22-25-5-7-27(44)8-6-25)34(56)23-53-39(60)42(65-41(53)62)14-13-26-21-28(9-10-30(26)42)50-40(61)49-16-18-64-20-19-63-17-15-48-31-4-2-3-29-35(31)38(59)54(37(29)58)32-11-12-33(55)51-36(32)57/h2-10,21,24,32,48H,11-20,22-23H2,1H3,(H2,49,50,61)(H,51,55,57)/t24-,32?,42+/m0/s1. The Morgan fingerprint density at radius 2 is 1.66 bits per heavy atom. The Labute approximate surface area is 367 Å². The topological polar surface area (TPSA) is 222 Å². The summed E-state index contributed by atoms with van der Waals surface area (Å²) in [6, 6.07) is 9.88. The van der Waals surface area contributed by atoms with Crippen molar-refractivity contribution in [2.45, 2.75) is 63.0 Å². The van der Waals surface area contributed by atoms with Crippen LogP contribution in [0.3, 0.4) is 0 Å². The average Bonchev–Trinajstić information content (AvgIpc) is 3.84. The Kier molecular flexibility index (Phi) is 13.5. The molecule has 0 saturated carbocycles. The quantitative estimate of drug-likeness (QED) is 0.0868. The van der Waals surface area contributed by atoms with Crippen molar-refractivity contribution < 1.29 is 70.1 Å². The van der Waals surface area contributed by atoms with Crippen LogP contribution in [0.15, 0.2) is 60.7 Å². The first kappa shape index (κ1) is 46.1. The molecule has 3 aliphatic heterocycles. The van der Waals surface area contributed by atoms with Gasteiger partial charge in [0, 0.05) is 49.4 Å². The lowest BCUT2D eigenvalue weighted by molar-refractivity contribution is -0.187. The number of hydrogen-bond acceptors (Lipinski definition) is 12. The Hall–Kier alpha value is -6.94. The number of fused-ring (bicyclic) bond motifs is 3. The summed E-state index contributed by atoms with van der Waals surface area (Å²) in [5, 5.41) is 10.6. The number of amides is 9. The van der Waals surface area contributed by atoms with Crippen molar-refractivity contribution in [2.75, 3.05) is 56.7 Å². The highest BCUT2D eigenvalue weighted by atomic mass is 19.4. The Bertz CT molecular complexity index is 2420. The van der Waals surface area contributed by atoms with Crippen LogP contribution in [0.5, 0.6) is 0 Å². The third-order valence-corrected chi connectivity index (χ3v) is 11.4. The summed E-state index contributed by atoms with van der Waals surface area (Å²) in [4.78, 5) is 105. The molecule has 22 heteroatoms. The molecule has 7 rings (SSSR count). The number of piperidine rings is 1. The van der Waals surface area contributed by atoms with Crippen molar-refractivity contribution in [3.8, 4) is 0 Å². The summed E-state index contributed by atoms with van der Waals surface area (Å²) in [5.41, 5.74) is 0.292. The fourth-order valence-corrected chi connectivity index (χ4v) is 8.02. The zero-order valence-corrected chi connectivity index (χ0v) is 34.8. The van der Waals surface area contributed by atoms with Gasteiger partial charge < -0.3 is 35.1 Å². The zero-order chi connectivity index (χ0) is 46.6. The molecule has 2 fully saturated rings. The normalized spacial score (nSPS) is 19.6. The van der Waals surface area contributed by atoms with Gasteiger partial charge in [0.15, 0.2) is 0 Å². The molecule has 1 aliphatic carbocycles. The van der Waals surface area contributed by atoms with E-state index in [0.717, 1.165) is 24.0 Å². The van der Waals surface area contributed by atoms with Gasteiger partial charge in [0.25, 0.3) is 17.7 Å². The minimum atomic E-state index is -4.85. The van der Waals surface area contributed by atoms with Gasteiger partial charge in [-0.05, 0) is 67.3 Å². The molecule has 0 bridgehead atoms. The number of benzene rings is 3. The van der Waals surface area contributed by atoms with Gasteiger partial charge in [-0.15, -0.1) is 0 Å². The zero-order valence-electron chi connectivity index (χ0n) is 34.8. The number of aryl methyl sites for hydroxylation is 1. The van der Waals surface area contributed by atoms with Gasteiger partial charge in [0.2, 0.25) is 23.3 Å². The van der Waals surface area contributed by atoms with E-state index in [9.17, 15) is 55.9 Å². The number of rotatable bonds is 17. The number of hydrogen-bond donors (Lipinski definition) is 4. The summed E-state index contributed by atoms with van der Waals surface area (Å²) in [7, 11) is 0. The monoisotopic (exact) mass is 909 g/mol. The SMILES string of the molecule is C[C@H](N(Cc1ccc(F)cc1)C(=O)CN1C(=O)O[C@@]2(CCc3cc(NC(=O)NCCOCCOCCNc4cccc5c4C(=O)N(C4CCC(=O)NC4=O)C5=O)ccc32)C1=O)C(F)(F)F. The van der Waals surface area contributed by atoms with Crippen LogP contribution in [0.2, 0.25) is 0 Å². The molecule has 3 heterocycles. The number of halogens is 4. The number of nitrogens with zero attached hydrogens (tertiary/aromatic N) is 3. The Morgan fingerprint density at radius 3 is 2.37 bits per heavy atom. The van der Waals surface area contributed by atoms with Gasteiger partial charge in [-0.1, -0.05) is 24.3 Å². The van der Waals surface area contributed by atoms with Crippen LogP contribution < -0.4 is 21.3 Å². The number of carbonyl (C=O) groups excluding carboxylic acids is 8. The van der Waals surface area contributed by atoms with Gasteiger partial charge >= 0.3 is 18.3 Å². The predicted molar refractivity (Wildman–Crippen MR) is 217 cm³/mol. The number of alkyl halides is 3. The van der Waals surface area contributed by atoms with E-state index in [2.05, 4.69) is 21.3 Å². The van der Waals surface area contributed by atoms with Crippen molar-refractivity contribution in [1.82, 2.24) is 25.3 Å². The predicted octanol–water partition coefficient (Wildman–Crippen LogP) is 3.59. The average molecular weight is 910 g/mol. The first-order chi connectivity index (χ1) is 31.0. The molecule has 3 atom stereocenters. The maximum atomic E-state index is 13.8. The number of imide groups is 3. The molecule has 0 radical (unpaired) electrons. The van der Waals surface area contributed by atoms with E-state index in [-0.39, 0.29) is 81.9 Å². The maximum Gasteiger partial charge on any atom is 0.418 e. The van der Waals surface area contributed by atoms with Crippen LogP contribution in [0.4, 0.5) is 38.5 Å². The molecule has 4 N–H and O–H groups in total. The molecule has 4 aliphatic rings.